The van der Waals surface area contributed by atoms with Crippen LogP contribution in [0.2, 0.25) is 0 Å². The third-order valence-corrected chi connectivity index (χ3v) is 3.45. The van der Waals surface area contributed by atoms with Crippen molar-refractivity contribution in [1.82, 2.24) is 15.5 Å². The van der Waals surface area contributed by atoms with E-state index < -0.39 is 42.0 Å². The van der Waals surface area contributed by atoms with Crippen molar-refractivity contribution in [1.29, 1.82) is 0 Å². The summed E-state index contributed by atoms with van der Waals surface area (Å²) in [6.45, 7) is 1.97. The van der Waals surface area contributed by atoms with E-state index >= 15 is 0 Å². The Balaban J connectivity index is 2.72. The fraction of sp³-hybridized carbons (Fsp3) is 0.375. The van der Waals surface area contributed by atoms with Crippen molar-refractivity contribution in [3.8, 4) is 0 Å². The number of hydrogen-bond acceptors (Lipinski definition) is 4. The summed E-state index contributed by atoms with van der Waals surface area (Å²) >= 11 is 0. The van der Waals surface area contributed by atoms with Crippen LogP contribution >= 0.6 is 0 Å². The maximum Gasteiger partial charge on any atom is 0.326 e. The number of carbonyl (C=O) groups is 4. The van der Waals surface area contributed by atoms with Gasteiger partial charge in [0.1, 0.15) is 6.04 Å². The van der Waals surface area contributed by atoms with E-state index in [1.54, 1.807) is 0 Å². The molecule has 0 aromatic heterocycles. The largest absolute Gasteiger partial charge is 0.480 e. The summed E-state index contributed by atoms with van der Waals surface area (Å²) in [5.74, 6) is -5.44. The topological polar surface area (TPSA) is 116 Å². The highest BCUT2D eigenvalue weighted by Crippen LogP contribution is 2.08. The molecule has 0 bridgehead atoms. The summed E-state index contributed by atoms with van der Waals surface area (Å²) < 4.78 is 26.0. The van der Waals surface area contributed by atoms with Crippen LogP contribution in [0.25, 0.3) is 0 Å². The minimum absolute atomic E-state index is 0.0375. The molecule has 0 radical (unpaired) electrons. The van der Waals surface area contributed by atoms with Gasteiger partial charge in [-0.25, -0.2) is 13.6 Å². The normalized spacial score (nSPS) is 11.4. The van der Waals surface area contributed by atoms with Gasteiger partial charge < -0.3 is 20.6 Å². The van der Waals surface area contributed by atoms with Crippen LogP contribution in [0, 0.1) is 11.6 Å². The highest BCUT2D eigenvalue weighted by atomic mass is 19.2. The van der Waals surface area contributed by atoms with Crippen molar-refractivity contribution >= 4 is 23.7 Å². The average Bonchev–Trinajstić information content (AvgIpc) is 2.57. The molecule has 3 N–H and O–H groups in total. The number of amides is 3. The summed E-state index contributed by atoms with van der Waals surface area (Å²) in [7, 11) is 0. The molecular formula is C16H19F2N3O5. The molecule has 0 saturated heterocycles. The number of rotatable bonds is 8. The van der Waals surface area contributed by atoms with Crippen LogP contribution in [0.1, 0.15) is 24.2 Å². The van der Waals surface area contributed by atoms with Crippen molar-refractivity contribution in [2.45, 2.75) is 19.9 Å². The molecule has 0 saturated carbocycles. The first-order valence-corrected chi connectivity index (χ1v) is 7.63. The van der Waals surface area contributed by atoms with Crippen molar-refractivity contribution < 1.29 is 33.1 Å². The Morgan fingerprint density at radius 2 is 1.81 bits per heavy atom. The standard InChI is InChI=1S/C16H19F2N3O5/c1-9(16(25)26)21(6-5-19-10(2)22)14(23)8-20-15(24)11-3-4-12(17)13(18)7-11/h3-4,7,9H,5-6,8H2,1-2H3,(H,19,22)(H,20,24)(H,25,26). The van der Waals surface area contributed by atoms with Crippen molar-refractivity contribution in [2.75, 3.05) is 19.6 Å². The van der Waals surface area contributed by atoms with Crippen molar-refractivity contribution in [3.05, 3.63) is 35.4 Å². The third kappa shape index (κ3) is 6.11. The molecular weight excluding hydrogens is 352 g/mol. The molecule has 0 heterocycles. The van der Waals surface area contributed by atoms with Gasteiger partial charge in [0.05, 0.1) is 6.54 Å². The molecule has 10 heteroatoms. The minimum atomic E-state index is -1.26. The molecule has 1 aromatic rings. The lowest BCUT2D eigenvalue weighted by Crippen LogP contribution is -2.50. The van der Waals surface area contributed by atoms with E-state index in [1.807, 2.05) is 0 Å². The number of hydrogen-bond donors (Lipinski definition) is 3. The Labute approximate surface area is 148 Å². The summed E-state index contributed by atoms with van der Waals surface area (Å²) in [6.07, 6.45) is 0. The molecule has 0 aliphatic carbocycles. The first kappa shape index (κ1) is 21.0. The second-order valence-corrected chi connectivity index (χ2v) is 5.40. The third-order valence-electron chi connectivity index (χ3n) is 3.45. The van der Waals surface area contributed by atoms with Gasteiger partial charge in [-0.1, -0.05) is 0 Å². The zero-order valence-corrected chi connectivity index (χ0v) is 14.2. The molecule has 0 aliphatic rings. The van der Waals surface area contributed by atoms with Crippen LogP contribution in [0.4, 0.5) is 8.78 Å². The smallest absolute Gasteiger partial charge is 0.326 e. The van der Waals surface area contributed by atoms with Gasteiger partial charge in [-0.05, 0) is 25.1 Å². The quantitative estimate of drug-likeness (QED) is 0.601. The molecule has 1 unspecified atom stereocenters. The van der Waals surface area contributed by atoms with Gasteiger partial charge in [-0.15, -0.1) is 0 Å². The fourth-order valence-corrected chi connectivity index (χ4v) is 2.02. The number of carboxylic acid groups (broad SMARTS) is 1. The van der Waals surface area contributed by atoms with Gasteiger partial charge in [0, 0.05) is 25.6 Å². The highest BCUT2D eigenvalue weighted by molar-refractivity contribution is 5.96. The van der Waals surface area contributed by atoms with Crippen LogP contribution in [-0.4, -0.2) is 59.4 Å². The lowest BCUT2D eigenvalue weighted by Gasteiger charge is -2.26. The monoisotopic (exact) mass is 371 g/mol. The first-order valence-electron chi connectivity index (χ1n) is 7.63. The van der Waals surface area contributed by atoms with E-state index in [9.17, 15) is 28.0 Å². The molecule has 0 spiro atoms. The minimum Gasteiger partial charge on any atom is -0.480 e. The Bertz CT molecular complexity index is 711. The van der Waals surface area contributed by atoms with Gasteiger partial charge in [-0.2, -0.15) is 0 Å². The second kappa shape index (κ2) is 9.44. The second-order valence-electron chi connectivity index (χ2n) is 5.40. The maximum atomic E-state index is 13.1. The Hall–Kier alpha value is -3.04. The molecule has 0 aliphatic heterocycles. The number of carbonyl (C=O) groups excluding carboxylic acids is 3. The number of halogens is 2. The van der Waals surface area contributed by atoms with Crippen LogP contribution in [-0.2, 0) is 14.4 Å². The summed E-state index contributed by atoms with van der Waals surface area (Å²) in [5.41, 5.74) is -0.187. The molecule has 26 heavy (non-hydrogen) atoms. The number of aliphatic carboxylic acids is 1. The zero-order chi connectivity index (χ0) is 19.9. The summed E-state index contributed by atoms with van der Waals surface area (Å²) in [4.78, 5) is 47.1. The van der Waals surface area contributed by atoms with E-state index in [0.29, 0.717) is 6.07 Å². The zero-order valence-electron chi connectivity index (χ0n) is 14.2. The SMILES string of the molecule is CC(=O)NCCN(C(=O)CNC(=O)c1ccc(F)c(F)c1)C(C)C(=O)O. The Kier molecular flexibility index (Phi) is 7.63. The predicted molar refractivity (Wildman–Crippen MR) is 86.2 cm³/mol. The van der Waals surface area contributed by atoms with E-state index in [-0.39, 0.29) is 24.6 Å². The maximum absolute atomic E-state index is 13.1. The van der Waals surface area contributed by atoms with Crippen molar-refractivity contribution in [2.24, 2.45) is 0 Å². The molecule has 3 amide bonds. The van der Waals surface area contributed by atoms with Gasteiger partial charge >= 0.3 is 5.97 Å². The molecule has 1 aromatic carbocycles. The van der Waals surface area contributed by atoms with Crippen LogP contribution in [0.5, 0.6) is 0 Å². The van der Waals surface area contributed by atoms with E-state index in [1.165, 1.54) is 13.8 Å². The first-order chi connectivity index (χ1) is 12.1. The number of benzene rings is 1. The number of nitrogens with zero attached hydrogens (tertiary/aromatic N) is 1. The van der Waals surface area contributed by atoms with Gasteiger partial charge in [-0.3, -0.25) is 14.4 Å². The fourth-order valence-electron chi connectivity index (χ4n) is 2.02. The van der Waals surface area contributed by atoms with Crippen LogP contribution in [0.3, 0.4) is 0 Å². The highest BCUT2D eigenvalue weighted by Gasteiger charge is 2.25. The van der Waals surface area contributed by atoms with Crippen LogP contribution in [0.15, 0.2) is 18.2 Å². The van der Waals surface area contributed by atoms with E-state index in [2.05, 4.69) is 10.6 Å². The lowest BCUT2D eigenvalue weighted by molar-refractivity contribution is -0.149. The Morgan fingerprint density at radius 3 is 2.35 bits per heavy atom. The Morgan fingerprint density at radius 1 is 1.15 bits per heavy atom. The average molecular weight is 371 g/mol. The number of nitrogens with one attached hydrogen (secondary N) is 2. The van der Waals surface area contributed by atoms with Gasteiger partial charge in [0.25, 0.3) is 5.91 Å². The molecule has 1 atom stereocenters. The number of carboxylic acids is 1. The van der Waals surface area contributed by atoms with E-state index in [0.717, 1.165) is 17.0 Å². The molecule has 142 valence electrons. The lowest BCUT2D eigenvalue weighted by atomic mass is 10.2. The summed E-state index contributed by atoms with van der Waals surface area (Å²) in [5, 5.41) is 13.7. The molecule has 1 rings (SSSR count). The summed E-state index contributed by atoms with van der Waals surface area (Å²) in [6, 6.07) is 1.32. The van der Waals surface area contributed by atoms with Gasteiger partial charge in [0.15, 0.2) is 11.6 Å². The van der Waals surface area contributed by atoms with Gasteiger partial charge in [0.2, 0.25) is 11.8 Å². The van der Waals surface area contributed by atoms with E-state index in [4.69, 9.17) is 5.11 Å². The van der Waals surface area contributed by atoms with Crippen LogP contribution < -0.4 is 10.6 Å². The molecule has 8 nitrogen and oxygen atoms in total. The predicted octanol–water partition coefficient (Wildman–Crippen LogP) is 0.132. The van der Waals surface area contributed by atoms with Crippen molar-refractivity contribution in [3.63, 3.8) is 0 Å². The molecule has 0 fully saturated rings.